The van der Waals surface area contributed by atoms with Crippen LogP contribution in [-0.4, -0.2) is 10.9 Å². The van der Waals surface area contributed by atoms with Crippen LogP contribution in [0.2, 0.25) is 0 Å². The number of nitrogens with two attached hydrogens (primary N) is 1. The molecular formula is C15H19BrN2OS. The first-order valence-electron chi connectivity index (χ1n) is 6.95. The van der Waals surface area contributed by atoms with Crippen molar-refractivity contribution in [2.75, 3.05) is 5.32 Å². The van der Waals surface area contributed by atoms with Crippen LogP contribution in [0.25, 0.3) is 0 Å². The van der Waals surface area contributed by atoms with Crippen molar-refractivity contribution in [1.82, 2.24) is 0 Å². The van der Waals surface area contributed by atoms with Gasteiger partial charge in [0.05, 0.1) is 5.69 Å². The van der Waals surface area contributed by atoms with Crippen LogP contribution in [-0.2, 0) is 4.79 Å². The molecule has 1 aromatic rings. The van der Waals surface area contributed by atoms with Gasteiger partial charge in [0, 0.05) is 16.5 Å². The molecule has 1 aromatic carbocycles. The molecule has 3 nitrogen and oxygen atoms in total. The number of hydrogen-bond donors (Lipinski definition) is 2. The molecule has 0 spiro atoms. The van der Waals surface area contributed by atoms with Crippen LogP contribution in [0.5, 0.6) is 0 Å². The summed E-state index contributed by atoms with van der Waals surface area (Å²) >= 11 is 8.40. The maximum absolute atomic E-state index is 12.0. The molecular weight excluding hydrogens is 336 g/mol. The number of nitrogens with one attached hydrogen (secondary N) is 1. The van der Waals surface area contributed by atoms with Gasteiger partial charge in [0.1, 0.15) is 4.99 Å². The maximum Gasteiger partial charge on any atom is 0.224 e. The molecule has 0 aliphatic heterocycles. The highest BCUT2D eigenvalue weighted by Crippen LogP contribution is 2.29. The topological polar surface area (TPSA) is 55.1 Å². The Balaban J connectivity index is 1.94. The van der Waals surface area contributed by atoms with Crippen molar-refractivity contribution < 1.29 is 4.79 Å². The van der Waals surface area contributed by atoms with Crippen LogP contribution in [0.1, 0.15) is 44.1 Å². The Hall–Kier alpha value is -0.940. The first-order chi connectivity index (χ1) is 9.56. The van der Waals surface area contributed by atoms with E-state index in [2.05, 4.69) is 21.2 Å². The van der Waals surface area contributed by atoms with E-state index in [9.17, 15) is 4.79 Å². The second-order valence-electron chi connectivity index (χ2n) is 5.29. The summed E-state index contributed by atoms with van der Waals surface area (Å²) in [6, 6.07) is 5.52. The Morgan fingerprint density at radius 3 is 2.75 bits per heavy atom. The molecule has 0 atom stereocenters. The quantitative estimate of drug-likeness (QED) is 0.786. The minimum absolute atomic E-state index is 0.0386. The summed E-state index contributed by atoms with van der Waals surface area (Å²) in [6.07, 6.45) is 6.70. The van der Waals surface area contributed by atoms with Gasteiger partial charge in [-0.3, -0.25) is 4.79 Å². The number of hydrogen-bond acceptors (Lipinski definition) is 2. The average molecular weight is 355 g/mol. The van der Waals surface area contributed by atoms with Gasteiger partial charge in [-0.05, 0) is 30.5 Å². The summed E-state index contributed by atoms with van der Waals surface area (Å²) in [7, 11) is 0. The number of carbonyl (C=O) groups is 1. The van der Waals surface area contributed by atoms with E-state index in [-0.39, 0.29) is 10.9 Å². The van der Waals surface area contributed by atoms with Gasteiger partial charge in [0.25, 0.3) is 0 Å². The lowest BCUT2D eigenvalue weighted by molar-refractivity contribution is -0.116. The smallest absolute Gasteiger partial charge is 0.224 e. The zero-order valence-electron chi connectivity index (χ0n) is 11.3. The molecule has 0 heterocycles. The Bertz CT molecular complexity index is 513. The van der Waals surface area contributed by atoms with Gasteiger partial charge in [0.2, 0.25) is 5.91 Å². The normalized spacial score (nSPS) is 15.2. The third kappa shape index (κ3) is 4.28. The Labute approximate surface area is 133 Å². The number of rotatable bonds is 5. The summed E-state index contributed by atoms with van der Waals surface area (Å²) < 4.78 is 0.893. The van der Waals surface area contributed by atoms with E-state index in [0.29, 0.717) is 17.7 Å². The fourth-order valence-corrected chi connectivity index (χ4v) is 3.21. The van der Waals surface area contributed by atoms with Crippen LogP contribution >= 0.6 is 28.1 Å². The number of amides is 1. The van der Waals surface area contributed by atoms with Crippen LogP contribution in [0.4, 0.5) is 5.69 Å². The van der Waals surface area contributed by atoms with Gasteiger partial charge in [-0.1, -0.05) is 53.8 Å². The zero-order valence-corrected chi connectivity index (χ0v) is 13.7. The molecule has 5 heteroatoms. The molecule has 1 aliphatic rings. The molecule has 1 amide bonds. The lowest BCUT2D eigenvalue weighted by Crippen LogP contribution is -2.18. The summed E-state index contributed by atoms with van der Waals surface area (Å²) in [5, 5.41) is 2.92. The van der Waals surface area contributed by atoms with E-state index in [1.54, 1.807) is 0 Å². The molecule has 0 aromatic heterocycles. The van der Waals surface area contributed by atoms with Crippen molar-refractivity contribution in [3.63, 3.8) is 0 Å². The van der Waals surface area contributed by atoms with Gasteiger partial charge in [-0.25, -0.2) is 0 Å². The molecule has 0 unspecified atom stereocenters. The first kappa shape index (κ1) is 15.4. The molecule has 1 fully saturated rings. The molecule has 2 rings (SSSR count). The largest absolute Gasteiger partial charge is 0.389 e. The standard InChI is InChI=1S/C15H19BrN2OS/c16-11-6-7-13(12(9-11)15(17)20)18-14(19)8-5-10-3-1-2-4-10/h6-7,9-10H,1-5,8H2,(H2,17,20)(H,18,19). The summed E-state index contributed by atoms with van der Waals surface area (Å²) in [6.45, 7) is 0. The minimum atomic E-state index is 0.0386. The molecule has 108 valence electrons. The highest BCUT2D eigenvalue weighted by atomic mass is 79.9. The summed E-state index contributed by atoms with van der Waals surface area (Å²) in [5.74, 6) is 0.762. The van der Waals surface area contributed by atoms with Crippen LogP contribution in [0.15, 0.2) is 22.7 Å². The van der Waals surface area contributed by atoms with E-state index in [4.69, 9.17) is 18.0 Å². The lowest BCUT2D eigenvalue weighted by Gasteiger charge is -2.12. The number of carbonyl (C=O) groups excluding carboxylic acids is 1. The monoisotopic (exact) mass is 354 g/mol. The van der Waals surface area contributed by atoms with Crippen molar-refractivity contribution in [3.8, 4) is 0 Å². The van der Waals surface area contributed by atoms with Crippen LogP contribution < -0.4 is 11.1 Å². The van der Waals surface area contributed by atoms with Gasteiger partial charge >= 0.3 is 0 Å². The highest BCUT2D eigenvalue weighted by molar-refractivity contribution is 9.10. The highest BCUT2D eigenvalue weighted by Gasteiger charge is 2.16. The SMILES string of the molecule is NC(=S)c1cc(Br)ccc1NC(=O)CCC1CCCC1. The Morgan fingerprint density at radius 1 is 1.40 bits per heavy atom. The van der Waals surface area contributed by atoms with Crippen molar-refractivity contribution in [2.24, 2.45) is 11.7 Å². The third-order valence-electron chi connectivity index (χ3n) is 3.78. The molecule has 1 saturated carbocycles. The molecule has 20 heavy (non-hydrogen) atoms. The number of thiocarbonyl (C=S) groups is 1. The van der Waals surface area contributed by atoms with E-state index >= 15 is 0 Å². The molecule has 0 saturated heterocycles. The average Bonchev–Trinajstić information content (AvgIpc) is 2.91. The van der Waals surface area contributed by atoms with E-state index < -0.39 is 0 Å². The second kappa shape index (κ2) is 7.18. The zero-order chi connectivity index (χ0) is 14.5. The van der Waals surface area contributed by atoms with E-state index in [0.717, 1.165) is 16.8 Å². The van der Waals surface area contributed by atoms with Gasteiger partial charge in [-0.2, -0.15) is 0 Å². The van der Waals surface area contributed by atoms with Crippen molar-refractivity contribution in [3.05, 3.63) is 28.2 Å². The predicted molar refractivity (Wildman–Crippen MR) is 89.9 cm³/mol. The number of halogens is 1. The lowest BCUT2D eigenvalue weighted by atomic mass is 10.0. The Morgan fingerprint density at radius 2 is 2.10 bits per heavy atom. The molecule has 0 radical (unpaired) electrons. The summed E-state index contributed by atoms with van der Waals surface area (Å²) in [5.41, 5.74) is 7.08. The second-order valence-corrected chi connectivity index (χ2v) is 6.65. The van der Waals surface area contributed by atoms with Crippen molar-refractivity contribution in [1.29, 1.82) is 0 Å². The first-order valence-corrected chi connectivity index (χ1v) is 8.15. The maximum atomic E-state index is 12.0. The van der Waals surface area contributed by atoms with Crippen LogP contribution in [0.3, 0.4) is 0 Å². The number of benzene rings is 1. The fourth-order valence-electron chi connectivity index (χ4n) is 2.68. The van der Waals surface area contributed by atoms with Crippen molar-refractivity contribution >= 4 is 44.7 Å². The van der Waals surface area contributed by atoms with E-state index in [1.807, 2.05) is 18.2 Å². The van der Waals surface area contributed by atoms with Gasteiger partial charge in [-0.15, -0.1) is 0 Å². The minimum Gasteiger partial charge on any atom is -0.389 e. The van der Waals surface area contributed by atoms with E-state index in [1.165, 1.54) is 25.7 Å². The van der Waals surface area contributed by atoms with Crippen LogP contribution in [0, 0.1) is 5.92 Å². The predicted octanol–water partition coefficient (Wildman–Crippen LogP) is 3.99. The number of anilines is 1. The van der Waals surface area contributed by atoms with Crippen molar-refractivity contribution in [2.45, 2.75) is 38.5 Å². The molecule has 1 aliphatic carbocycles. The van der Waals surface area contributed by atoms with Gasteiger partial charge in [0.15, 0.2) is 0 Å². The Kier molecular flexibility index (Phi) is 5.54. The molecule has 0 bridgehead atoms. The molecule has 3 N–H and O–H groups in total. The third-order valence-corrected chi connectivity index (χ3v) is 4.49. The van der Waals surface area contributed by atoms with Gasteiger partial charge < -0.3 is 11.1 Å². The fraction of sp³-hybridized carbons (Fsp3) is 0.467. The summed E-state index contributed by atoms with van der Waals surface area (Å²) in [4.78, 5) is 12.3.